The SMILES string of the molecule is CCSc1nnc(NC(=O)CN(c2ccc3c(c2)OCCO3)S(=O)(=O)c2ccccc2)s1. The number of benzene rings is 2. The molecule has 1 aliphatic rings. The molecule has 0 fully saturated rings. The van der Waals surface area contributed by atoms with Crippen LogP contribution in [0.25, 0.3) is 0 Å². The molecule has 3 aromatic rings. The molecule has 2 aromatic carbocycles. The number of sulfonamides is 1. The van der Waals surface area contributed by atoms with Gasteiger partial charge in [-0.3, -0.25) is 14.4 Å². The van der Waals surface area contributed by atoms with Crippen molar-refractivity contribution in [3.05, 3.63) is 48.5 Å². The maximum atomic E-state index is 13.4. The summed E-state index contributed by atoms with van der Waals surface area (Å²) in [4.78, 5) is 12.9. The van der Waals surface area contributed by atoms with Crippen LogP contribution in [0.4, 0.5) is 10.8 Å². The van der Waals surface area contributed by atoms with E-state index in [9.17, 15) is 13.2 Å². The summed E-state index contributed by atoms with van der Waals surface area (Å²) in [5.41, 5.74) is 0.285. The number of nitrogens with one attached hydrogen (secondary N) is 1. The van der Waals surface area contributed by atoms with E-state index in [1.54, 1.807) is 36.4 Å². The average Bonchev–Trinajstić information content (AvgIpc) is 3.24. The van der Waals surface area contributed by atoms with Crippen LogP contribution in [0.5, 0.6) is 11.5 Å². The lowest BCUT2D eigenvalue weighted by Crippen LogP contribution is -2.38. The number of ether oxygens (including phenoxy) is 2. The Kier molecular flexibility index (Phi) is 6.82. The Morgan fingerprint density at radius 1 is 1.12 bits per heavy atom. The zero-order valence-corrected chi connectivity index (χ0v) is 19.5. The fourth-order valence-electron chi connectivity index (χ4n) is 2.95. The van der Waals surface area contributed by atoms with Crippen LogP contribution in [0, 0.1) is 0 Å². The molecule has 168 valence electrons. The average molecular weight is 493 g/mol. The molecule has 1 amide bonds. The predicted octanol–water partition coefficient (Wildman–Crippen LogP) is 3.26. The molecule has 32 heavy (non-hydrogen) atoms. The number of carbonyl (C=O) groups excluding carboxylic acids is 1. The van der Waals surface area contributed by atoms with Crippen molar-refractivity contribution in [3.63, 3.8) is 0 Å². The summed E-state index contributed by atoms with van der Waals surface area (Å²) in [6, 6.07) is 12.7. The van der Waals surface area contributed by atoms with Crippen LogP contribution in [0.2, 0.25) is 0 Å². The minimum absolute atomic E-state index is 0.0697. The van der Waals surface area contributed by atoms with Crippen molar-refractivity contribution in [2.24, 2.45) is 0 Å². The van der Waals surface area contributed by atoms with E-state index in [4.69, 9.17) is 9.47 Å². The summed E-state index contributed by atoms with van der Waals surface area (Å²) >= 11 is 2.75. The molecule has 1 N–H and O–H groups in total. The summed E-state index contributed by atoms with van der Waals surface area (Å²) in [6.45, 7) is 2.31. The highest BCUT2D eigenvalue weighted by molar-refractivity contribution is 8.01. The quantitative estimate of drug-likeness (QED) is 0.377. The molecule has 0 spiro atoms. The van der Waals surface area contributed by atoms with Gasteiger partial charge in [-0.05, 0) is 30.0 Å². The zero-order valence-electron chi connectivity index (χ0n) is 17.1. The summed E-state index contributed by atoms with van der Waals surface area (Å²) < 4.78 is 39.7. The Labute approximate surface area is 193 Å². The van der Waals surface area contributed by atoms with Gasteiger partial charge in [0.1, 0.15) is 19.8 Å². The standard InChI is InChI=1S/C20H20N4O5S3/c1-2-30-20-23-22-19(31-20)21-18(25)13-24(32(26,27)15-6-4-3-5-7-15)14-8-9-16-17(12-14)29-11-10-28-16/h3-9,12H,2,10-11,13H2,1H3,(H,21,22,25). The fourth-order valence-corrected chi connectivity index (χ4v) is 6.05. The normalized spacial score (nSPS) is 12.9. The third kappa shape index (κ3) is 4.97. The van der Waals surface area contributed by atoms with E-state index in [0.717, 1.165) is 14.4 Å². The van der Waals surface area contributed by atoms with Gasteiger partial charge in [-0.1, -0.05) is 48.2 Å². The first-order valence-corrected chi connectivity index (χ1v) is 12.9. The van der Waals surface area contributed by atoms with Crippen molar-refractivity contribution in [2.75, 3.05) is 35.1 Å². The molecule has 4 rings (SSSR count). The molecule has 1 aromatic heterocycles. The number of aromatic nitrogens is 2. The molecule has 12 heteroatoms. The number of rotatable bonds is 8. The van der Waals surface area contributed by atoms with Gasteiger partial charge in [-0.25, -0.2) is 8.42 Å². The molecule has 0 unspecified atom stereocenters. The molecule has 2 heterocycles. The number of amides is 1. The van der Waals surface area contributed by atoms with E-state index in [-0.39, 0.29) is 10.6 Å². The van der Waals surface area contributed by atoms with Gasteiger partial charge in [0, 0.05) is 6.07 Å². The molecule has 0 bridgehead atoms. The number of fused-ring (bicyclic) bond motifs is 1. The van der Waals surface area contributed by atoms with Gasteiger partial charge in [0.2, 0.25) is 11.0 Å². The Morgan fingerprint density at radius 2 is 1.88 bits per heavy atom. The lowest BCUT2D eigenvalue weighted by molar-refractivity contribution is -0.114. The lowest BCUT2D eigenvalue weighted by atomic mass is 10.2. The fraction of sp³-hybridized carbons (Fsp3) is 0.250. The van der Waals surface area contributed by atoms with E-state index < -0.39 is 22.5 Å². The summed E-state index contributed by atoms with van der Waals surface area (Å²) in [7, 11) is -4.03. The topological polar surface area (TPSA) is 111 Å². The molecule has 9 nitrogen and oxygen atoms in total. The van der Waals surface area contributed by atoms with E-state index in [1.165, 1.54) is 35.2 Å². The minimum atomic E-state index is -4.03. The van der Waals surface area contributed by atoms with E-state index >= 15 is 0 Å². The summed E-state index contributed by atoms with van der Waals surface area (Å²) in [5, 5.41) is 10.9. The number of thioether (sulfide) groups is 1. The van der Waals surface area contributed by atoms with E-state index in [0.29, 0.717) is 29.8 Å². The zero-order chi connectivity index (χ0) is 22.6. The number of hydrogen-bond donors (Lipinski definition) is 1. The predicted molar refractivity (Wildman–Crippen MR) is 123 cm³/mol. The highest BCUT2D eigenvalue weighted by atomic mass is 32.2. The van der Waals surface area contributed by atoms with Crippen molar-refractivity contribution in [2.45, 2.75) is 16.2 Å². The van der Waals surface area contributed by atoms with E-state index in [1.807, 2.05) is 6.92 Å². The highest BCUT2D eigenvalue weighted by Crippen LogP contribution is 2.35. The largest absolute Gasteiger partial charge is 0.486 e. The van der Waals surface area contributed by atoms with Crippen LogP contribution in [-0.4, -0.2) is 50.0 Å². The number of carbonyl (C=O) groups is 1. The Hall–Kier alpha value is -2.83. The third-order valence-electron chi connectivity index (χ3n) is 4.35. The molecular weight excluding hydrogens is 472 g/mol. The van der Waals surface area contributed by atoms with Crippen molar-refractivity contribution in [1.29, 1.82) is 0 Å². The Morgan fingerprint density at radius 3 is 2.62 bits per heavy atom. The molecular formula is C20H20N4O5S3. The van der Waals surface area contributed by atoms with Gasteiger partial charge in [-0.2, -0.15) is 0 Å². The van der Waals surface area contributed by atoms with Crippen LogP contribution in [0.3, 0.4) is 0 Å². The first kappa shape index (κ1) is 22.4. The van der Waals surface area contributed by atoms with Gasteiger partial charge in [0.15, 0.2) is 15.8 Å². The van der Waals surface area contributed by atoms with Crippen LogP contribution < -0.4 is 19.1 Å². The van der Waals surface area contributed by atoms with Gasteiger partial charge < -0.3 is 9.47 Å². The number of anilines is 2. The Balaban J connectivity index is 1.63. The van der Waals surface area contributed by atoms with Crippen LogP contribution in [0.1, 0.15) is 6.92 Å². The van der Waals surface area contributed by atoms with Crippen LogP contribution >= 0.6 is 23.1 Å². The number of hydrogen-bond acceptors (Lipinski definition) is 9. The van der Waals surface area contributed by atoms with E-state index in [2.05, 4.69) is 15.5 Å². The van der Waals surface area contributed by atoms with Crippen molar-refractivity contribution >= 4 is 49.8 Å². The molecule has 0 saturated heterocycles. The van der Waals surface area contributed by atoms with Gasteiger partial charge >= 0.3 is 0 Å². The second kappa shape index (κ2) is 9.76. The highest BCUT2D eigenvalue weighted by Gasteiger charge is 2.29. The van der Waals surface area contributed by atoms with Crippen LogP contribution in [0.15, 0.2) is 57.8 Å². The van der Waals surface area contributed by atoms with Gasteiger partial charge in [0.25, 0.3) is 10.0 Å². The summed E-state index contributed by atoms with van der Waals surface area (Å²) in [5.74, 6) is 1.24. The van der Waals surface area contributed by atoms with Crippen molar-refractivity contribution < 1.29 is 22.7 Å². The second-order valence-electron chi connectivity index (χ2n) is 6.51. The van der Waals surface area contributed by atoms with Crippen LogP contribution in [-0.2, 0) is 14.8 Å². The maximum Gasteiger partial charge on any atom is 0.264 e. The maximum absolute atomic E-state index is 13.4. The van der Waals surface area contributed by atoms with Gasteiger partial charge in [-0.15, -0.1) is 10.2 Å². The van der Waals surface area contributed by atoms with Crippen molar-refractivity contribution in [3.8, 4) is 11.5 Å². The van der Waals surface area contributed by atoms with Gasteiger partial charge in [0.05, 0.1) is 10.6 Å². The Bertz CT molecular complexity index is 1200. The molecule has 1 aliphatic heterocycles. The summed E-state index contributed by atoms with van der Waals surface area (Å²) in [6.07, 6.45) is 0. The second-order valence-corrected chi connectivity index (χ2v) is 10.9. The molecule has 0 saturated carbocycles. The minimum Gasteiger partial charge on any atom is -0.486 e. The molecule has 0 radical (unpaired) electrons. The smallest absolute Gasteiger partial charge is 0.264 e. The monoisotopic (exact) mass is 492 g/mol. The number of nitrogens with zero attached hydrogens (tertiary/aromatic N) is 3. The molecule has 0 atom stereocenters. The lowest BCUT2D eigenvalue weighted by Gasteiger charge is -2.26. The van der Waals surface area contributed by atoms with Crippen molar-refractivity contribution in [1.82, 2.24) is 10.2 Å². The first-order chi connectivity index (χ1) is 15.5. The first-order valence-electron chi connectivity index (χ1n) is 9.71. The third-order valence-corrected chi connectivity index (χ3v) is 8.00. The molecule has 0 aliphatic carbocycles.